The molecule has 17 nitrogen and oxygen atoms in total. The predicted octanol–water partition coefficient (Wildman–Crippen LogP) is -3.58. The van der Waals surface area contributed by atoms with E-state index >= 15 is 0 Å². The van der Waals surface area contributed by atoms with Gasteiger partial charge in [0.1, 0.15) is 17.1 Å². The number of carboxylic acid groups (broad SMARTS) is 1. The summed E-state index contributed by atoms with van der Waals surface area (Å²) in [7, 11) is 1.64. The number of β-lactam (4-membered cyclic amide) rings is 1. The molecule has 4 amide bonds. The Morgan fingerprint density at radius 3 is 2.73 bits per heavy atom. The number of thioether (sulfide) groups is 2. The topological polar surface area (TPSA) is 238 Å². The fraction of sp³-hybridized carbons (Fsp3) is 0.375. The number of aromatic nitrogens is 6. The number of nitrogens with two attached hydrogens (primary N) is 1. The number of aliphatic carboxylic acids is 1. The maximum atomic E-state index is 13.8. The Labute approximate surface area is 290 Å². The summed E-state index contributed by atoms with van der Waals surface area (Å²) < 4.78 is 1.44. The average Bonchev–Trinajstić information content (AvgIpc) is 3.67. The first kappa shape index (κ1) is 34.4. The molecule has 0 bridgehead atoms. The smallest absolute Gasteiger partial charge is 0.543 e. The second-order valence-electron chi connectivity index (χ2n) is 9.46. The molecule has 3 atom stereocenters. The predicted molar refractivity (Wildman–Crippen MR) is 158 cm³/mol. The van der Waals surface area contributed by atoms with Crippen LogP contribution in [-0.2, 0) is 21.4 Å². The van der Waals surface area contributed by atoms with Gasteiger partial charge in [-0.2, -0.15) is 4.98 Å². The first-order valence-electron chi connectivity index (χ1n) is 13.1. The van der Waals surface area contributed by atoms with Crippen molar-refractivity contribution in [2.45, 2.75) is 36.0 Å². The molecule has 5 rings (SSSR count). The number of carboxylic acids is 1. The van der Waals surface area contributed by atoms with Crippen molar-refractivity contribution in [3.8, 4) is 5.88 Å². The van der Waals surface area contributed by atoms with E-state index in [1.165, 1.54) is 34.4 Å². The third kappa shape index (κ3) is 7.04. The number of fused-ring (bicyclic) bond motifs is 1. The van der Waals surface area contributed by atoms with E-state index in [0.717, 1.165) is 27.6 Å². The van der Waals surface area contributed by atoms with Crippen LogP contribution < -0.4 is 55.9 Å². The van der Waals surface area contributed by atoms with E-state index in [1.807, 2.05) is 6.92 Å². The molecule has 3 aromatic heterocycles. The van der Waals surface area contributed by atoms with Crippen LogP contribution in [0.1, 0.15) is 24.3 Å². The van der Waals surface area contributed by atoms with Gasteiger partial charge >= 0.3 is 35.6 Å². The zero-order chi connectivity index (χ0) is 31.5. The van der Waals surface area contributed by atoms with Crippen molar-refractivity contribution in [1.82, 2.24) is 40.4 Å². The van der Waals surface area contributed by atoms with Crippen LogP contribution in [0.15, 0.2) is 40.1 Å². The Bertz CT molecular complexity index is 1620. The van der Waals surface area contributed by atoms with Crippen LogP contribution in [0.4, 0.5) is 16.4 Å². The number of nitrogens with one attached hydrogen (secondary N) is 2. The van der Waals surface area contributed by atoms with Gasteiger partial charge in [-0.25, -0.2) is 14.5 Å². The zero-order valence-electron chi connectivity index (χ0n) is 24.2. The van der Waals surface area contributed by atoms with Crippen molar-refractivity contribution in [3.63, 3.8) is 0 Å². The third-order valence-corrected chi connectivity index (χ3v) is 9.96. The summed E-state index contributed by atoms with van der Waals surface area (Å²) in [5.74, 6) is -3.00. The van der Waals surface area contributed by atoms with Gasteiger partial charge in [0.25, 0.3) is 5.91 Å². The number of amides is 4. The summed E-state index contributed by atoms with van der Waals surface area (Å²) in [6.07, 6.45) is 1.94. The van der Waals surface area contributed by atoms with Gasteiger partial charge in [0, 0.05) is 30.0 Å². The number of anilines is 2. The van der Waals surface area contributed by atoms with Crippen molar-refractivity contribution < 1.29 is 58.9 Å². The van der Waals surface area contributed by atoms with Crippen LogP contribution >= 0.6 is 34.9 Å². The molecule has 1 fully saturated rings. The van der Waals surface area contributed by atoms with Crippen molar-refractivity contribution in [1.29, 1.82) is 0 Å². The van der Waals surface area contributed by atoms with Crippen LogP contribution in [0.3, 0.4) is 0 Å². The summed E-state index contributed by atoms with van der Waals surface area (Å²) in [5, 5.41) is 41.0. The standard InChI is InChI=1S/C24H27N11O6S3.Na/c1-3-6-26-23-27-8-12(17(36)29-23)34(22(25)41)16(13-5-4-7-42-13)18(37)28-14-19(38)35-15(21(39)40)11(9-43-20(14)35)10-44-24-30-31-32-33(24)2;/h4-5,7-8,14,16,20H,3,6,9-10H2,1-2H3,(H2,25,41)(H,28,37)(H,39,40)(H2,26,27,29,36);/q;+1/p-1/t14?,16?,20-;/m1./s1. The normalized spacial score (nSPS) is 17.9. The molecule has 0 radical (unpaired) electrons. The molecule has 5 N–H and O–H groups in total. The molecular weight excluding hydrogens is 658 g/mol. The molecule has 3 aromatic rings. The number of carbonyl (C=O) groups is 4. The zero-order valence-corrected chi connectivity index (χ0v) is 28.7. The minimum Gasteiger partial charge on any atom is -0.543 e. The second kappa shape index (κ2) is 14.8. The maximum absolute atomic E-state index is 13.8. The monoisotopic (exact) mass is 683 g/mol. The first-order chi connectivity index (χ1) is 21.1. The number of nitrogens with zero attached hydrogens (tertiary/aromatic N) is 8. The molecular formula is C24H26N11NaO6S3. The molecule has 0 saturated carbocycles. The quantitative estimate of drug-likeness (QED) is 0.0821. The summed E-state index contributed by atoms with van der Waals surface area (Å²) >= 11 is 3.62. The number of hydrogen-bond acceptors (Lipinski definition) is 15. The van der Waals surface area contributed by atoms with E-state index in [9.17, 15) is 29.4 Å². The summed E-state index contributed by atoms with van der Waals surface area (Å²) in [5.41, 5.74) is 5.67. The number of primary amides is 1. The Hall–Kier alpha value is -3.43. The minimum absolute atomic E-state index is 0. The minimum atomic E-state index is -1.52. The van der Waals surface area contributed by atoms with Gasteiger partial charge in [0.2, 0.25) is 22.9 Å². The van der Waals surface area contributed by atoms with Gasteiger partial charge in [-0.15, -0.1) is 28.2 Å². The van der Waals surface area contributed by atoms with Crippen molar-refractivity contribution >= 4 is 70.3 Å². The number of aryl methyl sites for hydroxylation is 1. The second-order valence-corrected chi connectivity index (χ2v) is 12.5. The molecule has 0 spiro atoms. The molecule has 232 valence electrons. The molecule has 5 heterocycles. The molecule has 1 saturated heterocycles. The number of thiophene rings is 1. The number of hydrogen-bond donors (Lipinski definition) is 4. The van der Waals surface area contributed by atoms with E-state index in [4.69, 9.17) is 5.73 Å². The Balaban J connectivity index is 0.00000461. The molecule has 45 heavy (non-hydrogen) atoms. The van der Waals surface area contributed by atoms with Crippen LogP contribution in [-0.4, -0.2) is 93.5 Å². The van der Waals surface area contributed by atoms with Crippen LogP contribution in [0, 0.1) is 0 Å². The summed E-state index contributed by atoms with van der Waals surface area (Å²) in [6.45, 7) is 2.48. The largest absolute Gasteiger partial charge is 1.00 e. The van der Waals surface area contributed by atoms with Gasteiger partial charge in [0.05, 0.1) is 17.9 Å². The van der Waals surface area contributed by atoms with E-state index in [-0.39, 0.29) is 58.4 Å². The van der Waals surface area contributed by atoms with Crippen LogP contribution in [0.5, 0.6) is 5.88 Å². The number of aromatic hydroxyl groups is 1. The van der Waals surface area contributed by atoms with Gasteiger partial charge in [-0.1, -0.05) is 24.8 Å². The molecule has 2 aliphatic rings. The molecule has 2 unspecified atom stereocenters. The molecule has 2 aliphatic heterocycles. The summed E-state index contributed by atoms with van der Waals surface area (Å²) in [4.78, 5) is 62.4. The number of rotatable bonds is 12. The van der Waals surface area contributed by atoms with E-state index in [1.54, 1.807) is 24.6 Å². The van der Waals surface area contributed by atoms with E-state index in [2.05, 4.69) is 36.1 Å². The fourth-order valence-corrected chi connectivity index (χ4v) is 7.72. The van der Waals surface area contributed by atoms with Crippen molar-refractivity contribution in [3.05, 3.63) is 39.9 Å². The first-order valence-corrected chi connectivity index (χ1v) is 16.0. The van der Waals surface area contributed by atoms with Crippen LogP contribution in [0.2, 0.25) is 0 Å². The Morgan fingerprint density at radius 1 is 1.36 bits per heavy atom. The summed E-state index contributed by atoms with van der Waals surface area (Å²) in [6, 6.07) is -0.342. The van der Waals surface area contributed by atoms with E-state index < -0.39 is 47.2 Å². The molecule has 21 heteroatoms. The maximum Gasteiger partial charge on any atom is 1.00 e. The van der Waals surface area contributed by atoms with E-state index in [0.29, 0.717) is 22.2 Å². The molecule has 0 aromatic carbocycles. The van der Waals surface area contributed by atoms with Crippen molar-refractivity contribution in [2.75, 3.05) is 28.3 Å². The Morgan fingerprint density at radius 2 is 2.13 bits per heavy atom. The number of tetrazole rings is 1. The average molecular weight is 684 g/mol. The van der Waals surface area contributed by atoms with Gasteiger partial charge in [-0.3, -0.25) is 19.4 Å². The number of carbonyl (C=O) groups excluding carboxylic acids is 4. The molecule has 0 aliphatic carbocycles. The third-order valence-electron chi connectivity index (χ3n) is 6.59. The fourth-order valence-electron chi connectivity index (χ4n) is 4.57. The Kier molecular flexibility index (Phi) is 11.3. The number of urea groups is 1. The van der Waals surface area contributed by atoms with Crippen LogP contribution in [0.25, 0.3) is 0 Å². The van der Waals surface area contributed by atoms with Gasteiger partial charge < -0.3 is 31.4 Å². The van der Waals surface area contributed by atoms with Crippen molar-refractivity contribution in [2.24, 2.45) is 12.8 Å². The van der Waals surface area contributed by atoms with Gasteiger partial charge in [0.15, 0.2) is 6.04 Å². The SMILES string of the molecule is CCCNc1ncc(N(C(N)=O)C(C(=O)NC2C(=O)N3C(C(=O)[O-])=C(CSc4nnnn4C)CS[C@H]23)c2cccs2)c(O)n1.[Na+]. The van der Waals surface area contributed by atoms with Gasteiger partial charge in [-0.05, 0) is 33.9 Å².